The van der Waals surface area contributed by atoms with Gasteiger partial charge >= 0.3 is 5.97 Å². The molecule has 0 aliphatic heterocycles. The molecular weight excluding hydrogens is 372 g/mol. The molecule has 0 bridgehead atoms. The Labute approximate surface area is 158 Å². The van der Waals surface area contributed by atoms with Crippen LogP contribution in [-0.2, 0) is 24.2 Å². The van der Waals surface area contributed by atoms with E-state index in [2.05, 4.69) is 17.2 Å². The van der Waals surface area contributed by atoms with Gasteiger partial charge in [0.1, 0.15) is 15.9 Å². The first-order valence-corrected chi connectivity index (χ1v) is 10.3. The number of ether oxygens (including phenoxy) is 1. The van der Waals surface area contributed by atoms with Crippen molar-refractivity contribution < 1.29 is 27.5 Å². The number of hydrogen-bond acceptors (Lipinski definition) is 6. The van der Waals surface area contributed by atoms with Gasteiger partial charge in [-0.05, 0) is 25.5 Å². The topological polar surface area (TPSA) is 119 Å². The molecule has 9 heteroatoms. The third-order valence-electron chi connectivity index (χ3n) is 3.49. The molecule has 0 fully saturated rings. The minimum absolute atomic E-state index is 0.169. The Kier molecular flexibility index (Phi) is 8.67. The van der Waals surface area contributed by atoms with Gasteiger partial charge in [-0.25, -0.2) is 13.2 Å². The van der Waals surface area contributed by atoms with E-state index in [4.69, 9.17) is 4.74 Å². The van der Waals surface area contributed by atoms with Gasteiger partial charge in [0.2, 0.25) is 0 Å². The third kappa shape index (κ3) is 8.50. The van der Waals surface area contributed by atoms with Gasteiger partial charge in [0.05, 0.1) is 5.75 Å². The fraction of sp³-hybridized carbons (Fsp3) is 0.389. The third-order valence-corrected chi connectivity index (χ3v) is 4.46. The molecule has 0 radical (unpaired) electrons. The molecule has 27 heavy (non-hydrogen) atoms. The molecule has 0 heterocycles. The van der Waals surface area contributed by atoms with Gasteiger partial charge in [0.25, 0.3) is 11.8 Å². The molecule has 148 valence electrons. The molecule has 1 aromatic carbocycles. The lowest BCUT2D eigenvalue weighted by molar-refractivity contribution is -0.156. The number of benzene rings is 1. The predicted molar refractivity (Wildman–Crippen MR) is 101 cm³/mol. The van der Waals surface area contributed by atoms with Crippen molar-refractivity contribution >= 4 is 27.6 Å². The molecule has 0 spiro atoms. The molecule has 0 saturated heterocycles. The van der Waals surface area contributed by atoms with E-state index in [9.17, 15) is 22.8 Å². The highest BCUT2D eigenvalue weighted by atomic mass is 32.2. The van der Waals surface area contributed by atoms with Crippen molar-refractivity contribution in [3.8, 4) is 0 Å². The normalized spacial score (nSPS) is 13.1. The summed E-state index contributed by atoms with van der Waals surface area (Å²) in [5.41, 5.74) is 0.312. The second-order valence-corrected chi connectivity index (χ2v) is 8.18. The second-order valence-electron chi connectivity index (χ2n) is 5.92. The van der Waals surface area contributed by atoms with Crippen LogP contribution in [0.5, 0.6) is 0 Å². The molecular formula is C18H24N2O6S. The van der Waals surface area contributed by atoms with Gasteiger partial charge in [-0.15, -0.1) is 6.58 Å². The van der Waals surface area contributed by atoms with Crippen molar-refractivity contribution in [1.29, 1.82) is 0 Å². The summed E-state index contributed by atoms with van der Waals surface area (Å²) in [6, 6.07) is 6.95. The standard InChI is InChI=1S/C18H24N2O6S/c1-4-11-19-16(21)13(2)26-18(23)15(10-12-27(3,24)25)20-17(22)14-8-6-5-7-9-14/h4-9,13,15H,1,10-12H2,2-3H3,(H,19,21)(H,20,22)/t13-,15-/m0/s1. The molecule has 2 amide bonds. The lowest BCUT2D eigenvalue weighted by Crippen LogP contribution is -2.45. The largest absolute Gasteiger partial charge is 0.451 e. The summed E-state index contributed by atoms with van der Waals surface area (Å²) in [7, 11) is -3.36. The van der Waals surface area contributed by atoms with Crippen molar-refractivity contribution in [2.24, 2.45) is 0 Å². The molecule has 2 atom stereocenters. The quantitative estimate of drug-likeness (QED) is 0.438. The number of esters is 1. The Bertz CT molecular complexity index is 776. The summed E-state index contributed by atoms with van der Waals surface area (Å²) in [5.74, 6) is -2.28. The minimum atomic E-state index is -3.36. The highest BCUT2D eigenvalue weighted by Gasteiger charge is 2.27. The number of nitrogens with one attached hydrogen (secondary N) is 2. The molecule has 0 aliphatic rings. The van der Waals surface area contributed by atoms with E-state index >= 15 is 0 Å². The smallest absolute Gasteiger partial charge is 0.329 e. The predicted octanol–water partition coefficient (Wildman–Crippen LogP) is 0.454. The van der Waals surface area contributed by atoms with Crippen LogP contribution in [0.25, 0.3) is 0 Å². The van der Waals surface area contributed by atoms with Gasteiger partial charge in [0.15, 0.2) is 6.10 Å². The summed E-state index contributed by atoms with van der Waals surface area (Å²) in [5, 5.41) is 4.95. The van der Waals surface area contributed by atoms with Crippen LogP contribution in [-0.4, -0.2) is 56.9 Å². The van der Waals surface area contributed by atoms with E-state index in [1.807, 2.05) is 0 Å². The van der Waals surface area contributed by atoms with Gasteiger partial charge < -0.3 is 15.4 Å². The number of carbonyl (C=O) groups excluding carboxylic acids is 3. The van der Waals surface area contributed by atoms with Crippen LogP contribution in [0, 0.1) is 0 Å². The van der Waals surface area contributed by atoms with Crippen molar-refractivity contribution in [3.63, 3.8) is 0 Å². The Morgan fingerprint density at radius 3 is 2.41 bits per heavy atom. The average Bonchev–Trinajstić information content (AvgIpc) is 2.62. The highest BCUT2D eigenvalue weighted by molar-refractivity contribution is 7.90. The average molecular weight is 396 g/mol. The Morgan fingerprint density at radius 1 is 1.22 bits per heavy atom. The van der Waals surface area contributed by atoms with Crippen molar-refractivity contribution in [1.82, 2.24) is 10.6 Å². The molecule has 0 saturated carbocycles. The molecule has 2 N–H and O–H groups in total. The van der Waals surface area contributed by atoms with Crippen LogP contribution in [0.3, 0.4) is 0 Å². The van der Waals surface area contributed by atoms with Crippen molar-refractivity contribution in [3.05, 3.63) is 48.6 Å². The van der Waals surface area contributed by atoms with Crippen molar-refractivity contribution in [2.75, 3.05) is 18.6 Å². The maximum absolute atomic E-state index is 12.4. The zero-order valence-electron chi connectivity index (χ0n) is 15.3. The first kappa shape index (κ1) is 22.4. The van der Waals surface area contributed by atoms with E-state index in [0.717, 1.165) is 6.26 Å². The molecule has 1 rings (SSSR count). The molecule has 1 aromatic rings. The fourth-order valence-electron chi connectivity index (χ4n) is 2.04. The molecule has 0 aromatic heterocycles. The molecule has 0 aliphatic carbocycles. The van der Waals surface area contributed by atoms with Crippen molar-refractivity contribution in [2.45, 2.75) is 25.5 Å². The Balaban J connectivity index is 2.83. The number of hydrogen-bond donors (Lipinski definition) is 2. The lowest BCUT2D eigenvalue weighted by atomic mass is 10.1. The van der Waals surface area contributed by atoms with Crippen LogP contribution in [0.1, 0.15) is 23.7 Å². The Morgan fingerprint density at radius 2 is 1.85 bits per heavy atom. The summed E-state index contributed by atoms with van der Waals surface area (Å²) >= 11 is 0. The maximum atomic E-state index is 12.4. The van der Waals surface area contributed by atoms with E-state index in [0.29, 0.717) is 5.56 Å². The van der Waals surface area contributed by atoms with Gasteiger partial charge in [-0.1, -0.05) is 24.3 Å². The second kappa shape index (κ2) is 10.5. The first-order valence-electron chi connectivity index (χ1n) is 8.26. The molecule has 8 nitrogen and oxygen atoms in total. The summed E-state index contributed by atoms with van der Waals surface area (Å²) < 4.78 is 27.9. The fourth-order valence-corrected chi connectivity index (χ4v) is 2.70. The van der Waals surface area contributed by atoms with Gasteiger partial charge in [0, 0.05) is 18.4 Å². The zero-order valence-corrected chi connectivity index (χ0v) is 16.1. The maximum Gasteiger partial charge on any atom is 0.329 e. The monoisotopic (exact) mass is 396 g/mol. The van der Waals surface area contributed by atoms with Gasteiger partial charge in [-0.3, -0.25) is 9.59 Å². The zero-order chi connectivity index (χ0) is 20.4. The van der Waals surface area contributed by atoms with E-state index < -0.39 is 39.8 Å². The highest BCUT2D eigenvalue weighted by Crippen LogP contribution is 2.06. The van der Waals surface area contributed by atoms with Crippen LogP contribution >= 0.6 is 0 Å². The molecule has 0 unspecified atom stereocenters. The van der Waals surface area contributed by atoms with Gasteiger partial charge in [-0.2, -0.15) is 0 Å². The van der Waals surface area contributed by atoms with Crippen LogP contribution in [0.15, 0.2) is 43.0 Å². The van der Waals surface area contributed by atoms with Crippen LogP contribution in [0.4, 0.5) is 0 Å². The summed E-state index contributed by atoms with van der Waals surface area (Å²) in [4.78, 5) is 36.5. The SMILES string of the molecule is C=CCNC(=O)[C@H](C)OC(=O)[C@H](CCS(C)(=O)=O)NC(=O)c1ccccc1. The minimum Gasteiger partial charge on any atom is -0.451 e. The van der Waals surface area contributed by atoms with E-state index in [-0.39, 0.29) is 18.7 Å². The number of rotatable bonds is 10. The van der Waals surface area contributed by atoms with Crippen LogP contribution in [0.2, 0.25) is 0 Å². The number of carbonyl (C=O) groups is 3. The number of amides is 2. The summed E-state index contributed by atoms with van der Waals surface area (Å²) in [6.07, 6.45) is 1.23. The number of sulfone groups is 1. The van der Waals surface area contributed by atoms with E-state index in [1.54, 1.807) is 30.3 Å². The first-order chi connectivity index (χ1) is 12.6. The van der Waals surface area contributed by atoms with Crippen LogP contribution < -0.4 is 10.6 Å². The van der Waals surface area contributed by atoms with E-state index in [1.165, 1.54) is 13.0 Å². The summed E-state index contributed by atoms with van der Waals surface area (Å²) in [6.45, 7) is 5.05. The Hall–Kier alpha value is -2.68. The lowest BCUT2D eigenvalue weighted by Gasteiger charge is -2.20.